The van der Waals surface area contributed by atoms with Crippen LogP contribution < -0.4 is 10.6 Å². The lowest BCUT2D eigenvalue weighted by atomic mass is 10.1. The van der Waals surface area contributed by atoms with E-state index in [2.05, 4.69) is 15.6 Å². The lowest BCUT2D eigenvalue weighted by molar-refractivity contribution is -0.123. The van der Waals surface area contributed by atoms with Crippen LogP contribution in [0.15, 0.2) is 54.6 Å². The van der Waals surface area contributed by atoms with E-state index in [0.29, 0.717) is 11.2 Å². The molecule has 0 unspecified atom stereocenters. The van der Waals surface area contributed by atoms with Crippen molar-refractivity contribution in [2.75, 3.05) is 11.9 Å². The minimum absolute atomic E-state index is 0.0891. The number of nitrogens with one attached hydrogen (secondary N) is 2. The van der Waals surface area contributed by atoms with E-state index in [4.69, 9.17) is 4.74 Å². The molecule has 0 aliphatic heterocycles. The number of anilines is 1. The summed E-state index contributed by atoms with van der Waals surface area (Å²) in [4.78, 5) is 40.1. The third kappa shape index (κ3) is 4.70. The first kappa shape index (κ1) is 19.0. The highest BCUT2D eigenvalue weighted by Crippen LogP contribution is 2.15. The van der Waals surface area contributed by atoms with Crippen molar-refractivity contribution < 1.29 is 19.1 Å². The monoisotopic (exact) mass is 377 g/mol. The summed E-state index contributed by atoms with van der Waals surface area (Å²) in [5, 5.41) is 5.59. The molecule has 7 heteroatoms. The maximum atomic E-state index is 12.1. The Labute approximate surface area is 161 Å². The highest BCUT2D eigenvalue weighted by molar-refractivity contribution is 6.02. The molecule has 1 aromatic heterocycles. The van der Waals surface area contributed by atoms with E-state index in [0.717, 1.165) is 16.5 Å². The predicted molar refractivity (Wildman–Crippen MR) is 105 cm³/mol. The summed E-state index contributed by atoms with van der Waals surface area (Å²) in [7, 11) is 0. The predicted octanol–water partition coefficient (Wildman–Crippen LogP) is 3.36. The number of amides is 3. The Morgan fingerprint density at radius 1 is 1.00 bits per heavy atom. The zero-order chi connectivity index (χ0) is 20.1. The molecule has 1 heterocycles. The van der Waals surface area contributed by atoms with E-state index in [1.165, 1.54) is 6.07 Å². The van der Waals surface area contributed by atoms with Crippen LogP contribution in [0.3, 0.4) is 0 Å². The number of rotatable bonds is 4. The van der Waals surface area contributed by atoms with Gasteiger partial charge in [-0.1, -0.05) is 42.0 Å². The van der Waals surface area contributed by atoms with Crippen LogP contribution >= 0.6 is 0 Å². The molecular formula is C21H19N3O4. The Morgan fingerprint density at radius 2 is 1.79 bits per heavy atom. The van der Waals surface area contributed by atoms with Crippen molar-refractivity contribution in [3.05, 3.63) is 71.4 Å². The Bertz CT molecular complexity index is 1060. The summed E-state index contributed by atoms with van der Waals surface area (Å²) < 4.78 is 4.94. The van der Waals surface area contributed by atoms with E-state index < -0.39 is 24.5 Å². The van der Waals surface area contributed by atoms with Gasteiger partial charge in [-0.05, 0) is 37.6 Å². The number of carbonyl (C=O) groups is 3. The molecule has 0 fully saturated rings. The number of ether oxygens (including phenoxy) is 1. The van der Waals surface area contributed by atoms with Crippen LogP contribution in [-0.4, -0.2) is 29.5 Å². The summed E-state index contributed by atoms with van der Waals surface area (Å²) in [6.45, 7) is 3.20. The second kappa shape index (κ2) is 8.30. The van der Waals surface area contributed by atoms with Crippen molar-refractivity contribution in [3.8, 4) is 0 Å². The molecule has 0 aliphatic carbocycles. The number of para-hydroxylation sites is 1. The quantitative estimate of drug-likeness (QED) is 0.680. The third-order valence-corrected chi connectivity index (χ3v) is 4.02. The number of imide groups is 1. The van der Waals surface area contributed by atoms with Gasteiger partial charge < -0.3 is 10.1 Å². The standard InChI is InChI=1S/C21H19N3O4/c1-13-7-9-16(14(2)11-13)23-21(27)24-19(25)12-28-20(26)18-10-8-15-5-3-4-6-17(15)22-18/h3-11H,12H2,1-2H3,(H2,23,24,25,27). The lowest BCUT2D eigenvalue weighted by Gasteiger charge is -2.10. The van der Waals surface area contributed by atoms with E-state index in [9.17, 15) is 14.4 Å². The van der Waals surface area contributed by atoms with Crippen molar-refractivity contribution in [2.24, 2.45) is 0 Å². The van der Waals surface area contributed by atoms with Gasteiger partial charge in [-0.15, -0.1) is 0 Å². The van der Waals surface area contributed by atoms with E-state index in [-0.39, 0.29) is 5.69 Å². The largest absolute Gasteiger partial charge is 0.451 e. The minimum Gasteiger partial charge on any atom is -0.451 e. The van der Waals surface area contributed by atoms with Crippen molar-refractivity contribution >= 4 is 34.5 Å². The van der Waals surface area contributed by atoms with Crippen LogP contribution in [0, 0.1) is 13.8 Å². The first-order valence-corrected chi connectivity index (χ1v) is 8.63. The smallest absolute Gasteiger partial charge is 0.357 e. The topological polar surface area (TPSA) is 97.4 Å². The number of nitrogens with zero attached hydrogens (tertiary/aromatic N) is 1. The van der Waals surface area contributed by atoms with E-state index >= 15 is 0 Å². The van der Waals surface area contributed by atoms with Crippen LogP contribution in [0.4, 0.5) is 10.5 Å². The number of aromatic nitrogens is 1. The van der Waals surface area contributed by atoms with Crippen LogP contribution in [-0.2, 0) is 9.53 Å². The molecule has 0 saturated heterocycles. The highest BCUT2D eigenvalue weighted by Gasteiger charge is 2.14. The van der Waals surface area contributed by atoms with Crippen LogP contribution in [0.25, 0.3) is 10.9 Å². The van der Waals surface area contributed by atoms with Crippen molar-refractivity contribution in [1.82, 2.24) is 10.3 Å². The minimum atomic E-state index is -0.740. The summed E-state index contributed by atoms with van der Waals surface area (Å²) in [6.07, 6.45) is 0. The Morgan fingerprint density at radius 3 is 2.57 bits per heavy atom. The second-order valence-corrected chi connectivity index (χ2v) is 6.29. The van der Waals surface area contributed by atoms with E-state index in [1.807, 2.05) is 44.2 Å². The summed E-state index contributed by atoms with van der Waals surface area (Å²) in [6, 6.07) is 15.4. The molecular weight excluding hydrogens is 358 g/mol. The highest BCUT2D eigenvalue weighted by atomic mass is 16.5. The van der Waals surface area contributed by atoms with Gasteiger partial charge in [-0.3, -0.25) is 10.1 Å². The van der Waals surface area contributed by atoms with Crippen molar-refractivity contribution in [1.29, 1.82) is 0 Å². The molecule has 0 aliphatic rings. The number of hydrogen-bond donors (Lipinski definition) is 2. The maximum Gasteiger partial charge on any atom is 0.357 e. The molecule has 3 rings (SSSR count). The Balaban J connectivity index is 1.52. The molecule has 0 bridgehead atoms. The van der Waals surface area contributed by atoms with Gasteiger partial charge >= 0.3 is 12.0 Å². The Hall–Kier alpha value is -3.74. The normalized spacial score (nSPS) is 10.4. The first-order chi connectivity index (χ1) is 13.4. The number of pyridine rings is 1. The number of fused-ring (bicyclic) bond motifs is 1. The lowest BCUT2D eigenvalue weighted by Crippen LogP contribution is -2.37. The van der Waals surface area contributed by atoms with Gasteiger partial charge in [-0.2, -0.15) is 0 Å². The molecule has 0 radical (unpaired) electrons. The molecule has 2 aromatic carbocycles. The average molecular weight is 377 g/mol. The van der Waals surface area contributed by atoms with Crippen molar-refractivity contribution in [2.45, 2.75) is 13.8 Å². The summed E-state index contributed by atoms with van der Waals surface area (Å²) in [5.41, 5.74) is 3.26. The molecule has 3 aromatic rings. The number of urea groups is 1. The van der Waals surface area contributed by atoms with E-state index in [1.54, 1.807) is 18.2 Å². The second-order valence-electron chi connectivity index (χ2n) is 6.29. The summed E-state index contributed by atoms with van der Waals surface area (Å²) in [5.74, 6) is -1.48. The molecule has 2 N–H and O–H groups in total. The third-order valence-electron chi connectivity index (χ3n) is 4.02. The molecule has 7 nitrogen and oxygen atoms in total. The summed E-state index contributed by atoms with van der Waals surface area (Å²) >= 11 is 0. The molecule has 0 saturated carbocycles. The average Bonchev–Trinajstić information content (AvgIpc) is 2.68. The van der Waals surface area contributed by atoms with Gasteiger partial charge in [0.1, 0.15) is 5.69 Å². The maximum absolute atomic E-state index is 12.1. The molecule has 0 atom stereocenters. The van der Waals surface area contributed by atoms with Gasteiger partial charge in [0.2, 0.25) is 0 Å². The number of esters is 1. The number of aryl methyl sites for hydroxylation is 2. The zero-order valence-corrected chi connectivity index (χ0v) is 15.5. The Kier molecular flexibility index (Phi) is 5.64. The van der Waals surface area contributed by atoms with Gasteiger partial charge in [-0.25, -0.2) is 14.6 Å². The fraction of sp³-hybridized carbons (Fsp3) is 0.143. The fourth-order valence-corrected chi connectivity index (χ4v) is 2.65. The molecule has 3 amide bonds. The van der Waals surface area contributed by atoms with Crippen molar-refractivity contribution in [3.63, 3.8) is 0 Å². The molecule has 0 spiro atoms. The van der Waals surface area contributed by atoms with Gasteiger partial charge in [0.15, 0.2) is 6.61 Å². The molecule has 142 valence electrons. The molecule has 28 heavy (non-hydrogen) atoms. The van der Waals surface area contributed by atoms with Gasteiger partial charge in [0, 0.05) is 11.1 Å². The zero-order valence-electron chi connectivity index (χ0n) is 15.5. The van der Waals surface area contributed by atoms with Gasteiger partial charge in [0.25, 0.3) is 5.91 Å². The number of benzene rings is 2. The first-order valence-electron chi connectivity index (χ1n) is 8.63. The van der Waals surface area contributed by atoms with Crippen LogP contribution in [0.2, 0.25) is 0 Å². The number of hydrogen-bond acceptors (Lipinski definition) is 5. The fourth-order valence-electron chi connectivity index (χ4n) is 2.65. The van der Waals surface area contributed by atoms with Crippen LogP contribution in [0.1, 0.15) is 21.6 Å². The van der Waals surface area contributed by atoms with Gasteiger partial charge in [0.05, 0.1) is 5.52 Å². The van der Waals surface area contributed by atoms with Crippen LogP contribution in [0.5, 0.6) is 0 Å². The number of carbonyl (C=O) groups excluding carboxylic acids is 3. The SMILES string of the molecule is Cc1ccc(NC(=O)NC(=O)COC(=O)c2ccc3ccccc3n2)c(C)c1.